The maximum atomic E-state index is 6.86. The highest BCUT2D eigenvalue weighted by Crippen LogP contribution is 2.45. The fourth-order valence-corrected chi connectivity index (χ4v) is 8.67. The second-order valence-corrected chi connectivity index (χ2v) is 14.9. The number of para-hydroxylation sites is 1. The molecule has 0 bridgehead atoms. The molecule has 1 atom stereocenters. The number of benzene rings is 7. The molecule has 0 amide bonds. The molecule has 1 aliphatic rings. The van der Waals surface area contributed by atoms with Crippen molar-refractivity contribution in [2.45, 2.75) is 12.3 Å². The summed E-state index contributed by atoms with van der Waals surface area (Å²) in [4.78, 5) is 10.3. The van der Waals surface area contributed by atoms with Crippen molar-refractivity contribution in [1.29, 1.82) is 0 Å². The average Bonchev–Trinajstić information content (AvgIpc) is 3.96. The third-order valence-electron chi connectivity index (χ3n) is 11.3. The summed E-state index contributed by atoms with van der Waals surface area (Å²) in [6.45, 7) is 0. The number of imidazole rings is 1. The van der Waals surface area contributed by atoms with Crippen molar-refractivity contribution in [1.82, 2.24) is 14.4 Å². The SMILES string of the molecule is C1=CCC(c2oc3cc4c(cc3c2-c2ccccc2)nc2nc(Oc3ccccc3)c3cc5cc6oc(-c7ccccc7)c(-c7ccccc7)c6cc5cc3n24)C=C1. The predicted molar refractivity (Wildman–Crippen MR) is 234 cm³/mol. The predicted octanol–water partition coefficient (Wildman–Crippen LogP) is 14.1. The van der Waals surface area contributed by atoms with Crippen LogP contribution in [0.5, 0.6) is 11.6 Å². The molecule has 12 rings (SSSR count). The number of allylic oxidation sites excluding steroid dienone is 4. The lowest BCUT2D eigenvalue weighted by molar-refractivity contribution is 0.470. The van der Waals surface area contributed by atoms with Crippen LogP contribution in [0.3, 0.4) is 0 Å². The van der Waals surface area contributed by atoms with Crippen LogP contribution in [0.1, 0.15) is 18.1 Å². The van der Waals surface area contributed by atoms with Crippen LogP contribution in [0.25, 0.3) is 94.0 Å². The van der Waals surface area contributed by atoms with Crippen molar-refractivity contribution in [3.8, 4) is 45.2 Å². The summed E-state index contributed by atoms with van der Waals surface area (Å²) in [6.07, 6.45) is 9.52. The minimum Gasteiger partial charge on any atom is -0.460 e. The number of nitrogens with zero attached hydrogens (tertiary/aromatic N) is 3. The number of rotatable bonds is 6. The summed E-state index contributed by atoms with van der Waals surface area (Å²) in [6, 6.07) is 54.2. The molecule has 0 saturated carbocycles. The zero-order chi connectivity index (χ0) is 38.2. The van der Waals surface area contributed by atoms with Crippen molar-refractivity contribution in [2.24, 2.45) is 0 Å². The molecule has 0 radical (unpaired) electrons. The molecule has 0 N–H and O–H groups in total. The number of furan rings is 2. The van der Waals surface area contributed by atoms with Crippen LogP contribution in [-0.2, 0) is 0 Å². The Morgan fingerprint density at radius 3 is 1.91 bits per heavy atom. The maximum absolute atomic E-state index is 6.86. The van der Waals surface area contributed by atoms with E-state index >= 15 is 0 Å². The summed E-state index contributed by atoms with van der Waals surface area (Å²) in [5.74, 6) is 3.66. The lowest BCUT2D eigenvalue weighted by Crippen LogP contribution is -1.97. The highest BCUT2D eigenvalue weighted by Gasteiger charge is 2.25. The molecule has 11 aromatic rings. The van der Waals surface area contributed by atoms with Crippen molar-refractivity contribution in [3.63, 3.8) is 0 Å². The molecule has 0 fully saturated rings. The molecule has 0 spiro atoms. The Bertz CT molecular complexity index is 3430. The molecule has 1 aliphatic carbocycles. The lowest BCUT2D eigenvalue weighted by Gasteiger charge is -2.12. The first-order valence-electron chi connectivity index (χ1n) is 19.6. The van der Waals surface area contributed by atoms with Gasteiger partial charge in [0, 0.05) is 39.4 Å². The molecule has 7 aromatic carbocycles. The van der Waals surface area contributed by atoms with Crippen LogP contribution < -0.4 is 4.74 Å². The molecule has 4 aromatic heterocycles. The van der Waals surface area contributed by atoms with Crippen LogP contribution >= 0.6 is 0 Å². The van der Waals surface area contributed by atoms with E-state index in [9.17, 15) is 0 Å². The minimum absolute atomic E-state index is 0.133. The molecule has 274 valence electrons. The molecule has 58 heavy (non-hydrogen) atoms. The van der Waals surface area contributed by atoms with Gasteiger partial charge in [0.1, 0.15) is 28.4 Å². The second-order valence-electron chi connectivity index (χ2n) is 14.9. The number of hydrogen-bond donors (Lipinski definition) is 0. The first-order valence-corrected chi connectivity index (χ1v) is 19.6. The monoisotopic (exact) mass is 747 g/mol. The van der Waals surface area contributed by atoms with Crippen LogP contribution in [0.4, 0.5) is 0 Å². The zero-order valence-corrected chi connectivity index (χ0v) is 31.2. The maximum Gasteiger partial charge on any atom is 0.238 e. The van der Waals surface area contributed by atoms with Crippen molar-refractivity contribution < 1.29 is 13.6 Å². The fraction of sp³-hybridized carbons (Fsp3) is 0.0385. The summed E-state index contributed by atoms with van der Waals surface area (Å²) in [7, 11) is 0. The molecule has 4 heterocycles. The number of aromatic nitrogens is 3. The van der Waals surface area contributed by atoms with E-state index in [0.29, 0.717) is 17.4 Å². The van der Waals surface area contributed by atoms with E-state index < -0.39 is 0 Å². The Morgan fingerprint density at radius 1 is 0.552 bits per heavy atom. The first-order chi connectivity index (χ1) is 28.7. The zero-order valence-electron chi connectivity index (χ0n) is 31.2. The fourth-order valence-electron chi connectivity index (χ4n) is 8.67. The van der Waals surface area contributed by atoms with Gasteiger partial charge in [0.15, 0.2) is 0 Å². The van der Waals surface area contributed by atoms with Gasteiger partial charge in [-0.25, -0.2) is 4.98 Å². The Labute approximate surface area is 332 Å². The van der Waals surface area contributed by atoms with Gasteiger partial charge in [0.25, 0.3) is 0 Å². The molecule has 0 saturated heterocycles. The Kier molecular flexibility index (Phi) is 7.25. The van der Waals surface area contributed by atoms with Gasteiger partial charge in [-0.1, -0.05) is 133 Å². The van der Waals surface area contributed by atoms with Gasteiger partial charge in [0.05, 0.1) is 21.9 Å². The van der Waals surface area contributed by atoms with Gasteiger partial charge in [-0.3, -0.25) is 4.40 Å². The quantitative estimate of drug-likeness (QED) is 0.158. The number of hydrogen-bond acceptors (Lipinski definition) is 5. The molecule has 1 unspecified atom stereocenters. The van der Waals surface area contributed by atoms with Gasteiger partial charge >= 0.3 is 0 Å². The van der Waals surface area contributed by atoms with Gasteiger partial charge in [-0.05, 0) is 70.8 Å². The summed E-state index contributed by atoms with van der Waals surface area (Å²) in [5.41, 5.74) is 9.69. The summed E-state index contributed by atoms with van der Waals surface area (Å²) < 4.78 is 22.3. The summed E-state index contributed by atoms with van der Waals surface area (Å²) in [5, 5.41) is 4.99. The Hall–Kier alpha value is -7.70. The third-order valence-corrected chi connectivity index (χ3v) is 11.3. The number of ether oxygens (including phenoxy) is 1. The van der Waals surface area contributed by atoms with E-state index in [-0.39, 0.29) is 5.92 Å². The normalized spacial score (nSPS) is 14.2. The highest BCUT2D eigenvalue weighted by atomic mass is 16.5. The standard InChI is InChI=1S/C52H33N3O3/c1-6-16-32(17-7-1)47-40-27-36-28-43-39(26-37(36)29-45(40)57-49(47)34-20-10-3-11-21-34)51(56-38-24-14-5-15-25-38)54-52-53-42-30-41-46(31-44(42)55(43)52)58-50(35-22-12-4-13-23-35)48(41)33-18-8-2-9-19-33/h1-22,24-31,35H,23H2. The van der Waals surface area contributed by atoms with Gasteiger partial charge < -0.3 is 13.6 Å². The smallest absolute Gasteiger partial charge is 0.238 e. The van der Waals surface area contributed by atoms with Crippen molar-refractivity contribution >= 4 is 60.4 Å². The van der Waals surface area contributed by atoms with Crippen LogP contribution in [0.15, 0.2) is 191 Å². The van der Waals surface area contributed by atoms with Crippen LogP contribution in [-0.4, -0.2) is 14.4 Å². The van der Waals surface area contributed by atoms with E-state index in [0.717, 1.165) is 100 Å². The number of fused-ring (bicyclic) bond motifs is 8. The van der Waals surface area contributed by atoms with Gasteiger partial charge in [-0.2, -0.15) is 4.98 Å². The van der Waals surface area contributed by atoms with Gasteiger partial charge in [0.2, 0.25) is 11.7 Å². The minimum atomic E-state index is 0.133. The lowest BCUT2D eigenvalue weighted by atomic mass is 9.91. The largest absolute Gasteiger partial charge is 0.460 e. The van der Waals surface area contributed by atoms with Crippen LogP contribution in [0, 0.1) is 0 Å². The van der Waals surface area contributed by atoms with E-state index in [2.05, 4.69) is 126 Å². The molecule has 6 heteroatoms. The molecule has 6 nitrogen and oxygen atoms in total. The summed E-state index contributed by atoms with van der Waals surface area (Å²) >= 11 is 0. The second kappa shape index (κ2) is 12.9. The molecular weight excluding hydrogens is 715 g/mol. The third kappa shape index (κ3) is 5.19. The van der Waals surface area contributed by atoms with E-state index in [4.69, 9.17) is 23.5 Å². The van der Waals surface area contributed by atoms with Crippen LogP contribution in [0.2, 0.25) is 0 Å². The Balaban J connectivity index is 1.14. The van der Waals surface area contributed by atoms with E-state index in [1.165, 1.54) is 0 Å². The topological polar surface area (TPSA) is 65.7 Å². The molecular formula is C52H33N3O3. The van der Waals surface area contributed by atoms with Crippen molar-refractivity contribution in [2.75, 3.05) is 0 Å². The van der Waals surface area contributed by atoms with Crippen molar-refractivity contribution in [3.05, 3.63) is 188 Å². The molecule has 0 aliphatic heterocycles. The van der Waals surface area contributed by atoms with E-state index in [1.54, 1.807) is 0 Å². The first kappa shape index (κ1) is 32.5. The van der Waals surface area contributed by atoms with Gasteiger partial charge in [-0.15, -0.1) is 0 Å². The average molecular weight is 748 g/mol. The highest BCUT2D eigenvalue weighted by molar-refractivity contribution is 6.11. The Morgan fingerprint density at radius 2 is 1.19 bits per heavy atom. The van der Waals surface area contributed by atoms with E-state index in [1.807, 2.05) is 60.7 Å².